The van der Waals surface area contributed by atoms with Crippen molar-refractivity contribution in [3.8, 4) is 17.1 Å². The number of amides is 1. The van der Waals surface area contributed by atoms with Crippen molar-refractivity contribution in [3.63, 3.8) is 0 Å². The highest BCUT2D eigenvalue weighted by molar-refractivity contribution is 8.00. The van der Waals surface area contributed by atoms with Crippen LogP contribution in [0.15, 0.2) is 52.2 Å². The van der Waals surface area contributed by atoms with Crippen molar-refractivity contribution in [3.05, 3.63) is 48.4 Å². The zero-order chi connectivity index (χ0) is 23.2. The van der Waals surface area contributed by atoms with E-state index in [1.165, 1.54) is 31.0 Å². The Bertz CT molecular complexity index is 1040. The molecule has 0 bridgehead atoms. The number of furan rings is 1. The van der Waals surface area contributed by atoms with E-state index in [1.807, 2.05) is 47.9 Å². The molecule has 3 aromatic rings. The van der Waals surface area contributed by atoms with E-state index in [1.54, 1.807) is 13.4 Å². The first-order valence-electron chi connectivity index (χ1n) is 11.7. The van der Waals surface area contributed by atoms with E-state index in [-0.39, 0.29) is 11.2 Å². The third kappa shape index (κ3) is 5.43. The number of benzene rings is 1. The lowest BCUT2D eigenvalue weighted by Gasteiger charge is -2.35. The molecule has 2 heterocycles. The second kappa shape index (κ2) is 10.9. The smallest absolute Gasteiger partial charge is 0.236 e. The van der Waals surface area contributed by atoms with Gasteiger partial charge in [0.15, 0.2) is 11.0 Å². The molecule has 1 saturated carbocycles. The van der Waals surface area contributed by atoms with Gasteiger partial charge in [-0.3, -0.25) is 9.36 Å². The molecule has 1 amide bonds. The van der Waals surface area contributed by atoms with Crippen LogP contribution in [0.25, 0.3) is 11.4 Å². The van der Waals surface area contributed by atoms with Gasteiger partial charge in [-0.1, -0.05) is 43.2 Å². The van der Waals surface area contributed by atoms with Gasteiger partial charge < -0.3 is 14.1 Å². The van der Waals surface area contributed by atoms with E-state index >= 15 is 0 Å². The number of aromatic nitrogens is 3. The largest absolute Gasteiger partial charge is 0.497 e. The SMILES string of the molecule is CCN(C(=O)C(C)Sc1nnc(-c2cccc(OC)c2)n1Cc1ccco1)C1CCCCC1. The van der Waals surface area contributed by atoms with Crippen molar-refractivity contribution in [2.75, 3.05) is 13.7 Å². The van der Waals surface area contributed by atoms with Crippen molar-refractivity contribution >= 4 is 17.7 Å². The van der Waals surface area contributed by atoms with Crippen molar-refractivity contribution in [2.45, 2.75) is 68.9 Å². The van der Waals surface area contributed by atoms with Gasteiger partial charge in [0.25, 0.3) is 0 Å². The van der Waals surface area contributed by atoms with Crippen LogP contribution >= 0.6 is 11.8 Å². The summed E-state index contributed by atoms with van der Waals surface area (Å²) in [5.41, 5.74) is 0.900. The first-order valence-corrected chi connectivity index (χ1v) is 12.6. The van der Waals surface area contributed by atoms with Crippen LogP contribution in [0, 0.1) is 0 Å². The Labute approximate surface area is 199 Å². The van der Waals surface area contributed by atoms with Gasteiger partial charge >= 0.3 is 0 Å². The first-order chi connectivity index (χ1) is 16.1. The molecular weight excluding hydrogens is 436 g/mol. The standard InChI is InChI=1S/C25H32N4O3S/c1-4-28(20-11-6-5-7-12-20)24(30)18(2)33-25-27-26-23(19-10-8-13-21(16-19)31-3)29(25)17-22-14-9-15-32-22/h8-10,13-16,18,20H,4-7,11-12,17H2,1-3H3. The quantitative estimate of drug-likeness (QED) is 0.399. The molecule has 1 fully saturated rings. The molecule has 8 heteroatoms. The van der Waals surface area contributed by atoms with Crippen molar-refractivity contribution in [1.82, 2.24) is 19.7 Å². The Morgan fingerprint density at radius 1 is 1.24 bits per heavy atom. The molecule has 0 saturated heterocycles. The van der Waals surface area contributed by atoms with Gasteiger partial charge in [0.05, 0.1) is 25.2 Å². The monoisotopic (exact) mass is 468 g/mol. The number of carbonyl (C=O) groups excluding carboxylic acids is 1. The molecule has 0 spiro atoms. The number of rotatable bonds is 9. The van der Waals surface area contributed by atoms with Crippen LogP contribution in [0.2, 0.25) is 0 Å². The summed E-state index contributed by atoms with van der Waals surface area (Å²) in [7, 11) is 1.65. The number of methoxy groups -OCH3 is 1. The van der Waals surface area contributed by atoms with Crippen molar-refractivity contribution < 1.29 is 13.9 Å². The molecule has 1 unspecified atom stereocenters. The summed E-state index contributed by atoms with van der Waals surface area (Å²) in [6, 6.07) is 11.9. The maximum absolute atomic E-state index is 13.4. The first kappa shape index (κ1) is 23.4. The number of nitrogens with zero attached hydrogens (tertiary/aromatic N) is 4. The topological polar surface area (TPSA) is 73.4 Å². The van der Waals surface area contributed by atoms with Gasteiger partial charge in [-0.15, -0.1) is 10.2 Å². The highest BCUT2D eigenvalue weighted by atomic mass is 32.2. The van der Waals surface area contributed by atoms with E-state index in [0.717, 1.165) is 36.5 Å². The molecule has 0 N–H and O–H groups in total. The van der Waals surface area contributed by atoms with Crippen LogP contribution < -0.4 is 4.74 Å². The Morgan fingerprint density at radius 3 is 2.76 bits per heavy atom. The number of thioether (sulfide) groups is 1. The number of carbonyl (C=O) groups is 1. The summed E-state index contributed by atoms with van der Waals surface area (Å²) >= 11 is 1.46. The van der Waals surface area contributed by atoms with Gasteiger partial charge in [-0.25, -0.2) is 0 Å². The number of ether oxygens (including phenoxy) is 1. The van der Waals surface area contributed by atoms with E-state index in [4.69, 9.17) is 9.15 Å². The molecule has 7 nitrogen and oxygen atoms in total. The lowest BCUT2D eigenvalue weighted by molar-refractivity contribution is -0.133. The van der Waals surface area contributed by atoms with Gasteiger partial charge in [0, 0.05) is 18.2 Å². The van der Waals surface area contributed by atoms with E-state index < -0.39 is 0 Å². The molecule has 0 radical (unpaired) electrons. The minimum atomic E-state index is -0.260. The predicted molar refractivity (Wildman–Crippen MR) is 129 cm³/mol. The molecule has 1 aromatic carbocycles. The molecule has 1 aliphatic rings. The highest BCUT2D eigenvalue weighted by Crippen LogP contribution is 2.31. The Balaban J connectivity index is 1.59. The second-order valence-electron chi connectivity index (χ2n) is 8.38. The Hall–Kier alpha value is -2.74. The summed E-state index contributed by atoms with van der Waals surface area (Å²) < 4.78 is 13.0. The van der Waals surface area contributed by atoms with Crippen LogP contribution in [-0.4, -0.2) is 50.5 Å². The van der Waals surface area contributed by atoms with Crippen LogP contribution in [0.5, 0.6) is 5.75 Å². The van der Waals surface area contributed by atoms with Crippen molar-refractivity contribution in [1.29, 1.82) is 0 Å². The minimum Gasteiger partial charge on any atom is -0.497 e. The second-order valence-corrected chi connectivity index (χ2v) is 9.69. The van der Waals surface area contributed by atoms with Crippen LogP contribution in [-0.2, 0) is 11.3 Å². The van der Waals surface area contributed by atoms with Gasteiger partial charge in [-0.05, 0) is 51.0 Å². The molecule has 1 atom stereocenters. The van der Waals surface area contributed by atoms with E-state index in [0.29, 0.717) is 23.6 Å². The molecule has 0 aliphatic heterocycles. The Morgan fingerprint density at radius 2 is 2.06 bits per heavy atom. The van der Waals surface area contributed by atoms with Gasteiger partial charge in [0.2, 0.25) is 5.91 Å². The summed E-state index contributed by atoms with van der Waals surface area (Å²) in [6.07, 6.45) is 7.55. The number of hydrogen-bond acceptors (Lipinski definition) is 6. The third-order valence-electron chi connectivity index (χ3n) is 6.21. The maximum Gasteiger partial charge on any atom is 0.236 e. The highest BCUT2D eigenvalue weighted by Gasteiger charge is 2.29. The van der Waals surface area contributed by atoms with Gasteiger partial charge in [-0.2, -0.15) is 0 Å². The minimum absolute atomic E-state index is 0.171. The van der Waals surface area contributed by atoms with Crippen molar-refractivity contribution in [2.24, 2.45) is 0 Å². The van der Waals surface area contributed by atoms with Crippen LogP contribution in [0.4, 0.5) is 0 Å². The lowest BCUT2D eigenvalue weighted by Crippen LogP contribution is -2.44. The molecule has 1 aliphatic carbocycles. The summed E-state index contributed by atoms with van der Waals surface area (Å²) in [5.74, 6) is 2.44. The predicted octanol–water partition coefficient (Wildman–Crippen LogP) is 5.26. The summed E-state index contributed by atoms with van der Waals surface area (Å²) in [4.78, 5) is 15.4. The summed E-state index contributed by atoms with van der Waals surface area (Å²) in [5, 5.41) is 9.39. The fraction of sp³-hybridized carbons (Fsp3) is 0.480. The normalized spacial score (nSPS) is 15.4. The lowest BCUT2D eigenvalue weighted by atomic mass is 9.94. The van der Waals surface area contributed by atoms with Crippen LogP contribution in [0.3, 0.4) is 0 Å². The average Bonchev–Trinajstić information content (AvgIpc) is 3.51. The fourth-order valence-corrected chi connectivity index (χ4v) is 5.40. The third-order valence-corrected chi connectivity index (χ3v) is 7.28. The van der Waals surface area contributed by atoms with Crippen LogP contribution in [0.1, 0.15) is 51.7 Å². The van der Waals surface area contributed by atoms with E-state index in [2.05, 4.69) is 22.0 Å². The summed E-state index contributed by atoms with van der Waals surface area (Å²) in [6.45, 7) is 5.26. The molecule has 4 rings (SSSR count). The molecule has 176 valence electrons. The van der Waals surface area contributed by atoms with Gasteiger partial charge in [0.1, 0.15) is 11.5 Å². The van der Waals surface area contributed by atoms with E-state index in [9.17, 15) is 4.79 Å². The molecule has 2 aromatic heterocycles. The molecule has 33 heavy (non-hydrogen) atoms. The Kier molecular flexibility index (Phi) is 7.75. The fourth-order valence-electron chi connectivity index (χ4n) is 4.48. The number of hydrogen-bond donors (Lipinski definition) is 0. The molecular formula is C25H32N4O3S. The average molecular weight is 469 g/mol. The zero-order valence-corrected chi connectivity index (χ0v) is 20.4. The maximum atomic E-state index is 13.4. The zero-order valence-electron chi connectivity index (χ0n) is 19.6.